The second kappa shape index (κ2) is 9.95. The smallest absolute Gasteiger partial charge is 0.342 e. The molecule has 4 rings (SSSR count). The van der Waals surface area contributed by atoms with Crippen molar-refractivity contribution >= 4 is 40.2 Å². The van der Waals surface area contributed by atoms with Crippen LogP contribution in [0.2, 0.25) is 0 Å². The zero-order valence-electron chi connectivity index (χ0n) is 19.4. The van der Waals surface area contributed by atoms with Gasteiger partial charge in [0.15, 0.2) is 12.4 Å². The van der Waals surface area contributed by atoms with E-state index in [2.05, 4.69) is 9.97 Å². The molecule has 0 radical (unpaired) electrons. The first-order valence-electron chi connectivity index (χ1n) is 11.2. The molecule has 12 nitrogen and oxygen atoms in total. The highest BCUT2D eigenvalue weighted by Gasteiger charge is 2.26. The number of fused-ring (bicyclic) bond motifs is 1. The minimum absolute atomic E-state index is 0.0229. The standard InChI is InChI=1S/C23H25N5O7/c1-3-33-23(30)18-13(2)35-21-19(18)20(24)25-17(26-21)12-34-22(29)15-11-14(28(31)32)7-8-16(15)27-9-5-4-6-10-27/h7-8,11H,3-6,9-10,12H2,1-2H3,(H2,24,25,26). The number of nitro groups is 1. The van der Waals surface area contributed by atoms with Crippen molar-refractivity contribution in [2.45, 2.75) is 39.7 Å². The number of benzene rings is 1. The molecule has 1 aromatic carbocycles. The monoisotopic (exact) mass is 483 g/mol. The van der Waals surface area contributed by atoms with Crippen LogP contribution in [0.1, 0.15) is 58.5 Å². The molecule has 1 aliphatic rings. The summed E-state index contributed by atoms with van der Waals surface area (Å²) in [5, 5.41) is 11.5. The Kier molecular flexibility index (Phi) is 6.80. The summed E-state index contributed by atoms with van der Waals surface area (Å²) in [4.78, 5) is 46.4. The number of esters is 2. The number of aromatic nitrogens is 2. The van der Waals surface area contributed by atoms with E-state index in [-0.39, 0.29) is 58.5 Å². The van der Waals surface area contributed by atoms with Gasteiger partial charge >= 0.3 is 11.9 Å². The SMILES string of the molecule is CCOC(=O)c1c(C)oc2nc(COC(=O)c3cc([N+](=O)[O-])ccc3N3CCCCC3)nc(N)c12. The number of non-ortho nitro benzene ring substituents is 1. The molecule has 1 aliphatic heterocycles. The third kappa shape index (κ3) is 4.86. The van der Waals surface area contributed by atoms with E-state index in [0.717, 1.165) is 32.4 Å². The summed E-state index contributed by atoms with van der Waals surface area (Å²) in [7, 11) is 0. The van der Waals surface area contributed by atoms with E-state index in [1.165, 1.54) is 12.1 Å². The summed E-state index contributed by atoms with van der Waals surface area (Å²) in [5.74, 6) is -1.05. The molecular weight excluding hydrogens is 458 g/mol. The molecular formula is C23H25N5O7. The molecule has 2 N–H and O–H groups in total. The van der Waals surface area contributed by atoms with E-state index in [4.69, 9.17) is 19.6 Å². The molecule has 0 bridgehead atoms. The van der Waals surface area contributed by atoms with Crippen molar-refractivity contribution in [3.8, 4) is 0 Å². The van der Waals surface area contributed by atoms with Crippen molar-refractivity contribution in [3.05, 3.63) is 51.0 Å². The molecule has 184 valence electrons. The number of furan rings is 1. The lowest BCUT2D eigenvalue weighted by atomic mass is 10.1. The second-order valence-corrected chi connectivity index (χ2v) is 8.04. The van der Waals surface area contributed by atoms with Gasteiger partial charge in [0.05, 0.1) is 28.2 Å². The molecule has 35 heavy (non-hydrogen) atoms. The fourth-order valence-corrected chi connectivity index (χ4v) is 4.12. The maximum Gasteiger partial charge on any atom is 0.342 e. The molecule has 1 saturated heterocycles. The van der Waals surface area contributed by atoms with Gasteiger partial charge < -0.3 is 24.5 Å². The largest absolute Gasteiger partial charge is 0.462 e. The quantitative estimate of drug-likeness (QED) is 0.297. The van der Waals surface area contributed by atoms with Crippen LogP contribution in [-0.4, -0.2) is 46.5 Å². The minimum Gasteiger partial charge on any atom is -0.462 e. The van der Waals surface area contributed by atoms with Crippen molar-refractivity contribution in [2.24, 2.45) is 0 Å². The number of carbonyl (C=O) groups is 2. The minimum atomic E-state index is -0.751. The number of aryl methyl sites for hydroxylation is 1. The molecule has 12 heteroatoms. The van der Waals surface area contributed by atoms with Gasteiger partial charge in [-0.15, -0.1) is 0 Å². The third-order valence-electron chi connectivity index (χ3n) is 5.72. The highest BCUT2D eigenvalue weighted by atomic mass is 16.6. The summed E-state index contributed by atoms with van der Waals surface area (Å²) in [6.07, 6.45) is 3.03. The number of nitrogens with two attached hydrogens (primary N) is 1. The Bertz CT molecular complexity index is 1300. The first-order valence-corrected chi connectivity index (χ1v) is 11.2. The van der Waals surface area contributed by atoms with Crippen LogP contribution in [0.15, 0.2) is 22.6 Å². The lowest BCUT2D eigenvalue weighted by molar-refractivity contribution is -0.384. The van der Waals surface area contributed by atoms with Crippen molar-refractivity contribution in [3.63, 3.8) is 0 Å². The van der Waals surface area contributed by atoms with Crippen LogP contribution < -0.4 is 10.6 Å². The zero-order valence-corrected chi connectivity index (χ0v) is 19.4. The number of hydrogen-bond donors (Lipinski definition) is 1. The average molecular weight is 483 g/mol. The Morgan fingerprint density at radius 3 is 2.60 bits per heavy atom. The van der Waals surface area contributed by atoms with Gasteiger partial charge in [0.25, 0.3) is 5.69 Å². The van der Waals surface area contributed by atoms with E-state index < -0.39 is 16.9 Å². The molecule has 3 aromatic rings. The maximum atomic E-state index is 13.0. The fourth-order valence-electron chi connectivity index (χ4n) is 4.12. The van der Waals surface area contributed by atoms with Crippen LogP contribution in [0.25, 0.3) is 11.1 Å². The van der Waals surface area contributed by atoms with E-state index in [1.807, 2.05) is 4.90 Å². The molecule has 0 spiro atoms. The predicted octanol–water partition coefficient (Wildman–Crippen LogP) is 3.55. The van der Waals surface area contributed by atoms with Gasteiger partial charge in [0.2, 0.25) is 5.71 Å². The molecule has 3 heterocycles. The number of rotatable bonds is 7. The highest BCUT2D eigenvalue weighted by Crippen LogP contribution is 2.30. The Balaban J connectivity index is 1.59. The van der Waals surface area contributed by atoms with E-state index in [9.17, 15) is 19.7 Å². The molecule has 1 fully saturated rings. The van der Waals surface area contributed by atoms with E-state index >= 15 is 0 Å². The molecule has 0 aliphatic carbocycles. The normalized spacial score (nSPS) is 13.6. The second-order valence-electron chi connectivity index (χ2n) is 8.04. The first-order chi connectivity index (χ1) is 16.8. The van der Waals surface area contributed by atoms with E-state index in [1.54, 1.807) is 19.9 Å². The van der Waals surface area contributed by atoms with Gasteiger partial charge in [-0.25, -0.2) is 14.6 Å². The Morgan fingerprint density at radius 1 is 1.17 bits per heavy atom. The van der Waals surface area contributed by atoms with Gasteiger partial charge in [-0.1, -0.05) is 0 Å². The third-order valence-corrected chi connectivity index (χ3v) is 5.72. The predicted molar refractivity (Wildman–Crippen MR) is 125 cm³/mol. The highest BCUT2D eigenvalue weighted by molar-refractivity contribution is 6.07. The van der Waals surface area contributed by atoms with Gasteiger partial charge in [0, 0.05) is 25.2 Å². The summed E-state index contributed by atoms with van der Waals surface area (Å²) in [6, 6.07) is 4.16. The van der Waals surface area contributed by atoms with Gasteiger partial charge in [-0.3, -0.25) is 10.1 Å². The molecule has 0 unspecified atom stereocenters. The van der Waals surface area contributed by atoms with Crippen LogP contribution in [0.4, 0.5) is 17.2 Å². The number of hydrogen-bond acceptors (Lipinski definition) is 11. The molecule has 2 aromatic heterocycles. The molecule has 0 atom stereocenters. The summed E-state index contributed by atoms with van der Waals surface area (Å²) in [5.41, 5.74) is 6.72. The average Bonchev–Trinajstić information content (AvgIpc) is 3.19. The molecule has 0 amide bonds. The maximum absolute atomic E-state index is 13.0. The van der Waals surface area contributed by atoms with Gasteiger partial charge in [0.1, 0.15) is 17.1 Å². The van der Waals surface area contributed by atoms with Crippen LogP contribution in [0.5, 0.6) is 0 Å². The van der Waals surface area contributed by atoms with Crippen LogP contribution in [-0.2, 0) is 16.1 Å². The lowest BCUT2D eigenvalue weighted by Gasteiger charge is -2.30. The number of piperidine rings is 1. The molecule has 0 saturated carbocycles. The van der Waals surface area contributed by atoms with Crippen molar-refractivity contribution in [2.75, 3.05) is 30.3 Å². The summed E-state index contributed by atoms with van der Waals surface area (Å²) < 4.78 is 16.0. The van der Waals surface area contributed by atoms with Crippen molar-refractivity contribution in [1.29, 1.82) is 0 Å². The summed E-state index contributed by atoms with van der Waals surface area (Å²) in [6.45, 7) is 4.58. The number of nitro benzene ring substituents is 1. The summed E-state index contributed by atoms with van der Waals surface area (Å²) >= 11 is 0. The topological polar surface area (TPSA) is 164 Å². The number of nitrogen functional groups attached to an aromatic ring is 1. The zero-order chi connectivity index (χ0) is 25.1. The number of ether oxygens (including phenoxy) is 2. The van der Waals surface area contributed by atoms with Crippen molar-refractivity contribution < 1.29 is 28.4 Å². The van der Waals surface area contributed by atoms with Crippen molar-refractivity contribution in [1.82, 2.24) is 9.97 Å². The van der Waals surface area contributed by atoms with Crippen LogP contribution >= 0.6 is 0 Å². The van der Waals surface area contributed by atoms with E-state index in [0.29, 0.717) is 5.69 Å². The number of anilines is 2. The van der Waals surface area contributed by atoms with Gasteiger partial charge in [-0.2, -0.15) is 4.98 Å². The number of nitrogens with zero attached hydrogens (tertiary/aromatic N) is 4. The Hall–Kier alpha value is -4.22. The number of carbonyl (C=O) groups excluding carboxylic acids is 2. The fraction of sp³-hybridized carbons (Fsp3) is 0.391. The van der Waals surface area contributed by atoms with Gasteiger partial charge in [-0.05, 0) is 39.2 Å². The van der Waals surface area contributed by atoms with Crippen LogP contribution in [0.3, 0.4) is 0 Å². The Labute approximate surface area is 200 Å². The Morgan fingerprint density at radius 2 is 1.91 bits per heavy atom. The first kappa shape index (κ1) is 23.9. The van der Waals surface area contributed by atoms with Crippen LogP contribution in [0, 0.1) is 17.0 Å². The lowest BCUT2D eigenvalue weighted by Crippen LogP contribution is -2.31.